The van der Waals surface area contributed by atoms with Gasteiger partial charge in [0.1, 0.15) is 6.61 Å². The van der Waals surface area contributed by atoms with Crippen molar-refractivity contribution in [2.75, 3.05) is 13.7 Å². The quantitative estimate of drug-likeness (QED) is 0.808. The maximum atomic E-state index is 12.1. The largest absolute Gasteiger partial charge is 0.375 e. The number of benzene rings is 1. The molecule has 1 heterocycles. The normalized spacial score (nSPS) is 10.2. The zero-order valence-corrected chi connectivity index (χ0v) is 11.5. The number of carbonyl (C=O) groups excluding carboxylic acids is 1. The standard InChI is InChI=1S/C16H18N2O2/c1-20-13-16(19)18(11-14-7-3-2-4-8-14)12-15-9-5-6-10-17-15/h2-10H,11-13H2,1H3. The van der Waals surface area contributed by atoms with Gasteiger partial charge in [0.05, 0.1) is 12.2 Å². The highest BCUT2D eigenvalue weighted by molar-refractivity contribution is 5.77. The van der Waals surface area contributed by atoms with E-state index in [2.05, 4.69) is 4.98 Å². The lowest BCUT2D eigenvalue weighted by atomic mass is 10.2. The number of ether oxygens (including phenoxy) is 1. The zero-order valence-electron chi connectivity index (χ0n) is 11.5. The van der Waals surface area contributed by atoms with Gasteiger partial charge in [0.2, 0.25) is 5.91 Å². The van der Waals surface area contributed by atoms with Crippen LogP contribution in [0.3, 0.4) is 0 Å². The fraction of sp³-hybridized carbons (Fsp3) is 0.250. The van der Waals surface area contributed by atoms with Crippen LogP contribution in [0, 0.1) is 0 Å². The van der Waals surface area contributed by atoms with E-state index in [0.717, 1.165) is 11.3 Å². The second kappa shape index (κ2) is 7.40. The molecule has 0 aliphatic rings. The third-order valence-corrected chi connectivity index (χ3v) is 2.92. The molecule has 20 heavy (non-hydrogen) atoms. The van der Waals surface area contributed by atoms with Crippen molar-refractivity contribution in [1.82, 2.24) is 9.88 Å². The number of rotatable bonds is 6. The first-order chi connectivity index (χ1) is 9.79. The number of methoxy groups -OCH3 is 1. The van der Waals surface area contributed by atoms with E-state index in [9.17, 15) is 4.79 Å². The Bertz CT molecular complexity index is 487. The number of pyridine rings is 1. The summed E-state index contributed by atoms with van der Waals surface area (Å²) in [7, 11) is 1.53. The van der Waals surface area contributed by atoms with Crippen molar-refractivity contribution >= 4 is 5.91 Å². The fourth-order valence-electron chi connectivity index (χ4n) is 1.94. The van der Waals surface area contributed by atoms with Crippen molar-refractivity contribution in [3.05, 3.63) is 66.0 Å². The van der Waals surface area contributed by atoms with Gasteiger partial charge in [-0.05, 0) is 17.7 Å². The first-order valence-electron chi connectivity index (χ1n) is 6.50. The first-order valence-corrected chi connectivity index (χ1v) is 6.50. The Morgan fingerprint density at radius 2 is 1.85 bits per heavy atom. The molecule has 0 fully saturated rings. The van der Waals surface area contributed by atoms with E-state index < -0.39 is 0 Å². The van der Waals surface area contributed by atoms with Gasteiger partial charge >= 0.3 is 0 Å². The summed E-state index contributed by atoms with van der Waals surface area (Å²) in [4.78, 5) is 18.1. The van der Waals surface area contributed by atoms with Crippen LogP contribution in [0.1, 0.15) is 11.3 Å². The molecule has 1 amide bonds. The molecule has 0 unspecified atom stereocenters. The molecule has 0 radical (unpaired) electrons. The Balaban J connectivity index is 2.10. The predicted octanol–water partition coefficient (Wildman–Crippen LogP) is 2.26. The summed E-state index contributed by atoms with van der Waals surface area (Å²) >= 11 is 0. The molecule has 0 bridgehead atoms. The van der Waals surface area contributed by atoms with Gasteiger partial charge < -0.3 is 9.64 Å². The molecule has 4 nitrogen and oxygen atoms in total. The average molecular weight is 270 g/mol. The van der Waals surface area contributed by atoms with Crippen LogP contribution < -0.4 is 0 Å². The lowest BCUT2D eigenvalue weighted by Gasteiger charge is -2.22. The highest BCUT2D eigenvalue weighted by Gasteiger charge is 2.14. The van der Waals surface area contributed by atoms with Gasteiger partial charge in [-0.3, -0.25) is 9.78 Å². The van der Waals surface area contributed by atoms with E-state index in [4.69, 9.17) is 4.74 Å². The molecule has 2 aromatic rings. The van der Waals surface area contributed by atoms with Crippen LogP contribution in [-0.4, -0.2) is 29.5 Å². The molecular formula is C16H18N2O2. The Morgan fingerprint density at radius 3 is 2.50 bits per heavy atom. The van der Waals surface area contributed by atoms with Crippen molar-refractivity contribution in [3.8, 4) is 0 Å². The van der Waals surface area contributed by atoms with E-state index in [1.54, 1.807) is 11.1 Å². The molecule has 0 saturated carbocycles. The molecule has 1 aromatic heterocycles. The van der Waals surface area contributed by atoms with Crippen LogP contribution in [-0.2, 0) is 22.6 Å². The van der Waals surface area contributed by atoms with Crippen LogP contribution in [0.4, 0.5) is 0 Å². The van der Waals surface area contributed by atoms with Crippen molar-refractivity contribution in [2.45, 2.75) is 13.1 Å². The number of hydrogen-bond acceptors (Lipinski definition) is 3. The van der Waals surface area contributed by atoms with Crippen LogP contribution in [0.2, 0.25) is 0 Å². The van der Waals surface area contributed by atoms with Crippen LogP contribution in [0.5, 0.6) is 0 Å². The number of nitrogens with zero attached hydrogens (tertiary/aromatic N) is 2. The Labute approximate surface area is 119 Å². The fourth-order valence-corrected chi connectivity index (χ4v) is 1.94. The van der Waals surface area contributed by atoms with Gasteiger partial charge in [-0.1, -0.05) is 36.4 Å². The Morgan fingerprint density at radius 1 is 1.10 bits per heavy atom. The highest BCUT2D eigenvalue weighted by atomic mass is 16.5. The molecule has 4 heteroatoms. The summed E-state index contributed by atoms with van der Waals surface area (Å²) in [5.74, 6) is -0.0398. The number of hydrogen-bond donors (Lipinski definition) is 0. The van der Waals surface area contributed by atoms with Crippen molar-refractivity contribution in [1.29, 1.82) is 0 Å². The summed E-state index contributed by atoms with van der Waals surface area (Å²) < 4.78 is 4.95. The third kappa shape index (κ3) is 4.17. The maximum absolute atomic E-state index is 12.1. The van der Waals surface area contributed by atoms with Gasteiger partial charge in [-0.15, -0.1) is 0 Å². The smallest absolute Gasteiger partial charge is 0.249 e. The van der Waals surface area contributed by atoms with Crippen LogP contribution in [0.25, 0.3) is 0 Å². The van der Waals surface area contributed by atoms with E-state index in [-0.39, 0.29) is 12.5 Å². The molecule has 0 saturated heterocycles. The Kier molecular flexibility index (Phi) is 5.26. The predicted molar refractivity (Wildman–Crippen MR) is 76.8 cm³/mol. The van der Waals surface area contributed by atoms with Crippen LogP contribution >= 0.6 is 0 Å². The van der Waals surface area contributed by atoms with Crippen molar-refractivity contribution in [3.63, 3.8) is 0 Å². The number of carbonyl (C=O) groups is 1. The highest BCUT2D eigenvalue weighted by Crippen LogP contribution is 2.09. The zero-order chi connectivity index (χ0) is 14.2. The first kappa shape index (κ1) is 14.2. The minimum atomic E-state index is -0.0398. The van der Waals surface area contributed by atoms with Crippen molar-refractivity contribution in [2.24, 2.45) is 0 Å². The van der Waals surface area contributed by atoms with E-state index in [1.807, 2.05) is 48.5 Å². The second-order valence-electron chi connectivity index (χ2n) is 4.49. The monoisotopic (exact) mass is 270 g/mol. The number of amides is 1. The molecule has 0 aliphatic carbocycles. The van der Waals surface area contributed by atoms with Crippen LogP contribution in [0.15, 0.2) is 54.7 Å². The maximum Gasteiger partial charge on any atom is 0.249 e. The molecule has 0 aliphatic heterocycles. The summed E-state index contributed by atoms with van der Waals surface area (Å²) in [6.07, 6.45) is 1.73. The van der Waals surface area contributed by atoms with Gasteiger partial charge in [-0.25, -0.2) is 0 Å². The second-order valence-corrected chi connectivity index (χ2v) is 4.49. The van der Waals surface area contributed by atoms with Crippen molar-refractivity contribution < 1.29 is 9.53 Å². The van der Waals surface area contributed by atoms with E-state index in [0.29, 0.717) is 13.1 Å². The minimum absolute atomic E-state index is 0.0398. The topological polar surface area (TPSA) is 42.4 Å². The minimum Gasteiger partial charge on any atom is -0.375 e. The SMILES string of the molecule is COCC(=O)N(Cc1ccccc1)Cc1ccccn1. The molecule has 0 spiro atoms. The molecule has 1 aromatic carbocycles. The molecule has 104 valence electrons. The van der Waals surface area contributed by atoms with E-state index in [1.165, 1.54) is 7.11 Å². The number of aromatic nitrogens is 1. The Hall–Kier alpha value is -2.20. The lowest BCUT2D eigenvalue weighted by Crippen LogP contribution is -2.33. The molecule has 2 rings (SSSR count). The van der Waals surface area contributed by atoms with Gasteiger partial charge in [0.15, 0.2) is 0 Å². The van der Waals surface area contributed by atoms with Gasteiger partial charge in [0.25, 0.3) is 0 Å². The summed E-state index contributed by atoms with van der Waals surface area (Å²) in [5, 5.41) is 0. The average Bonchev–Trinajstić information content (AvgIpc) is 2.49. The van der Waals surface area contributed by atoms with Gasteiger partial charge in [-0.2, -0.15) is 0 Å². The summed E-state index contributed by atoms with van der Waals surface area (Å²) in [6, 6.07) is 15.6. The molecule has 0 N–H and O–H groups in total. The lowest BCUT2D eigenvalue weighted by molar-refractivity contribution is -0.136. The molecule has 0 atom stereocenters. The van der Waals surface area contributed by atoms with E-state index >= 15 is 0 Å². The summed E-state index contributed by atoms with van der Waals surface area (Å²) in [6.45, 7) is 1.12. The third-order valence-electron chi connectivity index (χ3n) is 2.92. The van der Waals surface area contributed by atoms with Gasteiger partial charge in [0, 0.05) is 19.9 Å². The molecular weight excluding hydrogens is 252 g/mol. The summed E-state index contributed by atoms with van der Waals surface area (Å²) in [5.41, 5.74) is 1.96.